The average molecular weight is 367 g/mol. The Hall–Kier alpha value is -1.48. The molecule has 138 valence electrons. The minimum Gasteiger partial charge on any atom is -0.390 e. The van der Waals surface area contributed by atoms with E-state index in [1.165, 1.54) is 42.0 Å². The molecule has 7 nitrogen and oxygen atoms in total. The fourth-order valence-electron chi connectivity index (χ4n) is 3.61. The van der Waals surface area contributed by atoms with Crippen LogP contribution in [0.2, 0.25) is 0 Å². The maximum absolute atomic E-state index is 12.9. The lowest BCUT2D eigenvalue weighted by Gasteiger charge is -2.33. The smallest absolute Gasteiger partial charge is 0.251 e. The second kappa shape index (κ2) is 7.41. The fraction of sp³-hybridized carbons (Fsp3) is 0.588. The van der Waals surface area contributed by atoms with E-state index in [9.17, 15) is 18.3 Å². The van der Waals surface area contributed by atoms with E-state index >= 15 is 0 Å². The Bertz CT molecular complexity index is 714. The lowest BCUT2D eigenvalue weighted by molar-refractivity contribution is 0.0706. The number of carbonyl (C=O) groups is 1. The number of aliphatic hydroxyl groups excluding tert-OH is 1. The number of β-amino-alcohol motifs (C(OH)–C–C–N with tert-alkyl or cyclic N) is 1. The molecule has 0 unspecified atom stereocenters. The summed E-state index contributed by atoms with van der Waals surface area (Å²) in [6.45, 7) is 2.24. The van der Waals surface area contributed by atoms with Crippen molar-refractivity contribution in [2.45, 2.75) is 36.3 Å². The van der Waals surface area contributed by atoms with E-state index in [-0.39, 0.29) is 23.4 Å². The number of piperidine rings is 1. The van der Waals surface area contributed by atoms with Gasteiger partial charge in [-0.25, -0.2) is 8.42 Å². The van der Waals surface area contributed by atoms with Crippen molar-refractivity contribution in [3.63, 3.8) is 0 Å². The normalized spacial score (nSPS) is 25.8. The molecule has 2 aliphatic rings. The van der Waals surface area contributed by atoms with Gasteiger partial charge in [0.2, 0.25) is 10.0 Å². The second-order valence-electron chi connectivity index (χ2n) is 6.66. The number of hydrogen-bond acceptors (Lipinski definition) is 5. The van der Waals surface area contributed by atoms with Gasteiger partial charge in [0.25, 0.3) is 5.91 Å². The first kappa shape index (κ1) is 18.3. The van der Waals surface area contributed by atoms with Gasteiger partial charge in [-0.15, -0.1) is 0 Å². The van der Waals surface area contributed by atoms with E-state index in [0.29, 0.717) is 12.1 Å². The van der Waals surface area contributed by atoms with Gasteiger partial charge in [-0.3, -0.25) is 9.69 Å². The third-order valence-corrected chi connectivity index (χ3v) is 6.91. The van der Waals surface area contributed by atoms with Gasteiger partial charge in [0.15, 0.2) is 0 Å². The van der Waals surface area contributed by atoms with Crippen molar-refractivity contribution in [1.82, 2.24) is 14.5 Å². The molecule has 2 atom stereocenters. The lowest BCUT2D eigenvalue weighted by atomic mass is 10.1. The summed E-state index contributed by atoms with van der Waals surface area (Å²) in [5.74, 6) is -0.259. The van der Waals surface area contributed by atoms with Gasteiger partial charge in [-0.05, 0) is 50.2 Å². The van der Waals surface area contributed by atoms with Crippen molar-refractivity contribution in [3.05, 3.63) is 29.8 Å². The van der Waals surface area contributed by atoms with Crippen molar-refractivity contribution in [2.24, 2.45) is 0 Å². The summed E-state index contributed by atoms with van der Waals surface area (Å²) in [5.41, 5.74) is 0.411. The first-order valence-corrected chi connectivity index (χ1v) is 10.1. The van der Waals surface area contributed by atoms with Crippen LogP contribution < -0.4 is 5.32 Å². The summed E-state index contributed by atoms with van der Waals surface area (Å²) in [6, 6.07) is 5.75. The zero-order valence-corrected chi connectivity index (χ0v) is 15.2. The predicted molar refractivity (Wildman–Crippen MR) is 93.8 cm³/mol. The van der Waals surface area contributed by atoms with Gasteiger partial charge in [0.05, 0.1) is 17.0 Å². The van der Waals surface area contributed by atoms with Crippen molar-refractivity contribution >= 4 is 15.9 Å². The Morgan fingerprint density at radius 3 is 2.36 bits per heavy atom. The van der Waals surface area contributed by atoms with Crippen molar-refractivity contribution in [3.8, 4) is 0 Å². The van der Waals surface area contributed by atoms with Crippen LogP contribution >= 0.6 is 0 Å². The summed E-state index contributed by atoms with van der Waals surface area (Å²) in [6.07, 6.45) is 2.71. The van der Waals surface area contributed by atoms with Crippen LogP contribution in [0.4, 0.5) is 0 Å². The number of amides is 1. The highest BCUT2D eigenvalue weighted by Crippen LogP contribution is 2.26. The van der Waals surface area contributed by atoms with Crippen LogP contribution in [-0.4, -0.2) is 74.0 Å². The van der Waals surface area contributed by atoms with Crippen LogP contribution in [0.5, 0.6) is 0 Å². The minimum absolute atomic E-state index is 0.112. The molecule has 0 aliphatic carbocycles. The molecular formula is C17H25N3O4S. The molecule has 2 saturated heterocycles. The number of nitrogens with one attached hydrogen (secondary N) is 1. The molecule has 0 saturated carbocycles. The van der Waals surface area contributed by atoms with Crippen LogP contribution in [-0.2, 0) is 10.0 Å². The van der Waals surface area contributed by atoms with Gasteiger partial charge in [-0.1, -0.05) is 6.42 Å². The molecule has 2 heterocycles. The molecule has 8 heteroatoms. The molecule has 2 fully saturated rings. The SMILES string of the molecule is CNC(=O)c1ccc(S(=O)(=O)N2C[C@H](O)[C@@H](N3CCCCC3)C2)cc1. The number of likely N-dealkylation sites (tertiary alicyclic amines) is 1. The third kappa shape index (κ3) is 3.72. The summed E-state index contributed by atoms with van der Waals surface area (Å²) in [4.78, 5) is 13.9. The Morgan fingerprint density at radius 2 is 1.76 bits per heavy atom. The average Bonchev–Trinajstić information content (AvgIpc) is 3.04. The topological polar surface area (TPSA) is 90.0 Å². The molecule has 0 bridgehead atoms. The molecular weight excluding hydrogens is 342 g/mol. The molecule has 1 amide bonds. The predicted octanol–water partition coefficient (Wildman–Crippen LogP) is 0.266. The van der Waals surface area contributed by atoms with E-state index in [1.807, 2.05) is 0 Å². The molecule has 25 heavy (non-hydrogen) atoms. The minimum atomic E-state index is -3.68. The molecule has 1 aromatic carbocycles. The summed E-state index contributed by atoms with van der Waals surface area (Å²) < 4.78 is 27.1. The zero-order valence-electron chi connectivity index (χ0n) is 14.4. The molecule has 1 aromatic rings. The second-order valence-corrected chi connectivity index (χ2v) is 8.59. The van der Waals surface area contributed by atoms with Gasteiger partial charge in [0, 0.05) is 25.7 Å². The van der Waals surface area contributed by atoms with Crippen LogP contribution in [0.3, 0.4) is 0 Å². The van der Waals surface area contributed by atoms with E-state index in [2.05, 4.69) is 10.2 Å². The Balaban J connectivity index is 1.75. The summed E-state index contributed by atoms with van der Waals surface area (Å²) >= 11 is 0. The quantitative estimate of drug-likeness (QED) is 0.797. The Kier molecular flexibility index (Phi) is 5.43. The number of benzene rings is 1. The maximum Gasteiger partial charge on any atom is 0.251 e. The molecule has 2 N–H and O–H groups in total. The van der Waals surface area contributed by atoms with Crippen LogP contribution in [0.15, 0.2) is 29.2 Å². The molecule has 0 radical (unpaired) electrons. The van der Waals surface area contributed by atoms with E-state index < -0.39 is 16.1 Å². The van der Waals surface area contributed by atoms with Crippen molar-refractivity contribution in [2.75, 3.05) is 33.2 Å². The van der Waals surface area contributed by atoms with Crippen LogP contribution in [0.1, 0.15) is 29.6 Å². The number of sulfonamides is 1. The number of carbonyl (C=O) groups excluding carboxylic acids is 1. The standard InChI is InChI=1S/C17H25N3O4S/c1-18-17(22)13-5-7-14(8-6-13)25(23,24)20-11-15(16(21)12-20)19-9-3-2-4-10-19/h5-8,15-16,21H,2-4,9-12H2,1H3,(H,18,22)/t15-,16-/m0/s1. The summed E-state index contributed by atoms with van der Waals surface area (Å²) in [5, 5.41) is 12.9. The fourth-order valence-corrected chi connectivity index (χ4v) is 5.09. The van der Waals surface area contributed by atoms with E-state index in [4.69, 9.17) is 0 Å². The highest BCUT2D eigenvalue weighted by atomic mass is 32.2. The number of nitrogens with zero attached hydrogens (tertiary/aromatic N) is 2. The lowest BCUT2D eigenvalue weighted by Crippen LogP contribution is -2.46. The third-order valence-electron chi connectivity index (χ3n) is 5.07. The van der Waals surface area contributed by atoms with Gasteiger partial charge >= 0.3 is 0 Å². The first-order valence-electron chi connectivity index (χ1n) is 8.68. The number of aliphatic hydroxyl groups is 1. The van der Waals surface area contributed by atoms with Crippen molar-refractivity contribution < 1.29 is 18.3 Å². The maximum atomic E-state index is 12.9. The number of hydrogen-bond donors (Lipinski definition) is 2. The highest BCUT2D eigenvalue weighted by molar-refractivity contribution is 7.89. The number of rotatable bonds is 4. The summed E-state index contributed by atoms with van der Waals surface area (Å²) in [7, 11) is -2.15. The molecule has 2 aliphatic heterocycles. The largest absolute Gasteiger partial charge is 0.390 e. The van der Waals surface area contributed by atoms with Gasteiger partial charge in [0.1, 0.15) is 0 Å². The first-order chi connectivity index (χ1) is 11.9. The monoisotopic (exact) mass is 367 g/mol. The molecule has 3 rings (SSSR count). The molecule has 0 spiro atoms. The van der Waals surface area contributed by atoms with Crippen LogP contribution in [0.25, 0.3) is 0 Å². The zero-order chi connectivity index (χ0) is 18.0. The van der Waals surface area contributed by atoms with Gasteiger partial charge in [-0.2, -0.15) is 4.31 Å². The van der Waals surface area contributed by atoms with Gasteiger partial charge < -0.3 is 10.4 Å². The van der Waals surface area contributed by atoms with E-state index in [0.717, 1.165) is 25.9 Å². The van der Waals surface area contributed by atoms with Crippen molar-refractivity contribution in [1.29, 1.82) is 0 Å². The molecule has 0 aromatic heterocycles. The highest BCUT2D eigenvalue weighted by Gasteiger charge is 2.41. The Morgan fingerprint density at radius 1 is 1.12 bits per heavy atom. The van der Waals surface area contributed by atoms with E-state index in [1.54, 1.807) is 0 Å². The van der Waals surface area contributed by atoms with Crippen LogP contribution in [0, 0.1) is 0 Å². The Labute approximate surface area is 148 Å².